The Morgan fingerprint density at radius 1 is 1.31 bits per heavy atom. The average molecular weight is 535 g/mol. The van der Waals surface area contributed by atoms with Crippen LogP contribution in [0, 0.1) is 17.1 Å². The summed E-state index contributed by atoms with van der Waals surface area (Å²) in [4.78, 5) is 29.1. The van der Waals surface area contributed by atoms with Gasteiger partial charge in [0.2, 0.25) is 0 Å². The maximum atomic E-state index is 14.6. The van der Waals surface area contributed by atoms with Crippen molar-refractivity contribution in [1.82, 2.24) is 20.0 Å². The minimum Gasteiger partial charge on any atom is -0.494 e. The number of carbonyl (C=O) groups excluding carboxylic acids is 2. The molecule has 204 valence electrons. The van der Waals surface area contributed by atoms with E-state index in [1.54, 1.807) is 6.92 Å². The number of imidazole rings is 1. The van der Waals surface area contributed by atoms with Crippen molar-refractivity contribution in [3.05, 3.63) is 76.3 Å². The molecule has 0 saturated heterocycles. The molecule has 0 radical (unpaired) electrons. The fourth-order valence-electron chi connectivity index (χ4n) is 4.26. The summed E-state index contributed by atoms with van der Waals surface area (Å²) in [6.07, 6.45) is 8.44. The number of halogens is 1. The Bertz CT molecular complexity index is 1450. The molecule has 0 unspecified atom stereocenters. The monoisotopic (exact) mass is 534 g/mol. The topological polar surface area (TPSA) is 144 Å². The zero-order valence-electron chi connectivity index (χ0n) is 21.9. The van der Waals surface area contributed by atoms with E-state index in [0.717, 1.165) is 29.7 Å². The Balaban J connectivity index is 1.40. The number of rotatable bonds is 12. The molecular formula is C28H31FN6O4. The van der Waals surface area contributed by atoms with Crippen molar-refractivity contribution in [3.63, 3.8) is 0 Å². The van der Waals surface area contributed by atoms with E-state index < -0.39 is 11.7 Å². The number of aromatic nitrogens is 2. The summed E-state index contributed by atoms with van der Waals surface area (Å²) in [5.74, 6) is -1.06. The third-order valence-corrected chi connectivity index (χ3v) is 6.43. The van der Waals surface area contributed by atoms with E-state index in [0.29, 0.717) is 25.5 Å². The molecule has 2 heterocycles. The van der Waals surface area contributed by atoms with Crippen LogP contribution < -0.4 is 21.1 Å². The molecule has 1 aromatic carbocycles. The van der Waals surface area contributed by atoms with Gasteiger partial charge in [0.05, 0.1) is 37.6 Å². The molecule has 4 rings (SSSR count). The molecule has 1 aliphatic rings. The minimum atomic E-state index is -0.712. The average Bonchev–Trinajstić information content (AvgIpc) is 3.70. The summed E-state index contributed by atoms with van der Waals surface area (Å²) in [5.41, 5.74) is 9.58. The highest BCUT2D eigenvalue weighted by molar-refractivity contribution is 5.92. The van der Waals surface area contributed by atoms with Crippen LogP contribution in [0.1, 0.15) is 60.1 Å². The lowest BCUT2D eigenvalue weighted by Gasteiger charge is -2.11. The quantitative estimate of drug-likeness (QED) is 0.238. The summed E-state index contributed by atoms with van der Waals surface area (Å²) in [5, 5.41) is 14.8. The normalized spacial score (nSPS) is 13.1. The number of carbonyl (C=O) groups is 2. The van der Waals surface area contributed by atoms with Gasteiger partial charge in [0.25, 0.3) is 5.91 Å². The van der Waals surface area contributed by atoms with Crippen molar-refractivity contribution < 1.29 is 23.5 Å². The Morgan fingerprint density at radius 3 is 2.79 bits per heavy atom. The SMILES string of the molecule is CCOC(=O)CCc1cc(C2CC2)cn2cc(CN/C=C(\N)C(=O)NCc3c(C#N)ccc(OC)c3F)nc12. The highest BCUT2D eigenvalue weighted by Gasteiger charge is 2.25. The molecule has 39 heavy (non-hydrogen) atoms. The number of hydrogen-bond donors (Lipinski definition) is 3. The smallest absolute Gasteiger partial charge is 0.306 e. The first-order chi connectivity index (χ1) is 18.8. The maximum Gasteiger partial charge on any atom is 0.306 e. The lowest BCUT2D eigenvalue weighted by molar-refractivity contribution is -0.143. The number of nitrogens with one attached hydrogen (secondary N) is 2. The lowest BCUT2D eigenvalue weighted by Crippen LogP contribution is -2.30. The first-order valence-corrected chi connectivity index (χ1v) is 12.7. The van der Waals surface area contributed by atoms with E-state index in [4.69, 9.17) is 20.2 Å². The predicted octanol–water partition coefficient (Wildman–Crippen LogP) is 2.93. The Labute approximate surface area is 225 Å². The number of fused-ring (bicyclic) bond motifs is 1. The summed E-state index contributed by atoms with van der Waals surface area (Å²) < 4.78 is 26.5. The van der Waals surface area contributed by atoms with E-state index in [9.17, 15) is 19.2 Å². The highest BCUT2D eigenvalue weighted by atomic mass is 19.1. The van der Waals surface area contributed by atoms with Gasteiger partial charge >= 0.3 is 5.97 Å². The predicted molar refractivity (Wildman–Crippen MR) is 141 cm³/mol. The standard InChI is InChI=1S/C28H31FN6O4/c1-3-39-25(36)9-7-18-10-20(17-4-5-17)15-35-16-21(34-27(18)35)12-32-14-23(31)28(37)33-13-22-19(11-30)6-8-24(38-2)26(22)29/h6,8,10,14-17,32H,3-5,7,9,12-13,31H2,1-2H3,(H,33,37)/b23-14-. The van der Waals surface area contributed by atoms with Gasteiger partial charge in [-0.25, -0.2) is 9.37 Å². The second-order valence-electron chi connectivity index (χ2n) is 9.22. The molecule has 1 fully saturated rings. The fourth-order valence-corrected chi connectivity index (χ4v) is 4.26. The minimum absolute atomic E-state index is 0.0139. The van der Waals surface area contributed by atoms with Crippen LogP contribution in [0.2, 0.25) is 0 Å². The summed E-state index contributed by atoms with van der Waals surface area (Å²) >= 11 is 0. The zero-order valence-corrected chi connectivity index (χ0v) is 21.9. The van der Waals surface area contributed by atoms with Gasteiger partial charge in [-0.05, 0) is 55.4 Å². The van der Waals surface area contributed by atoms with Crippen molar-refractivity contribution in [3.8, 4) is 11.8 Å². The Morgan fingerprint density at radius 2 is 2.10 bits per heavy atom. The molecule has 0 spiro atoms. The molecule has 1 amide bonds. The second kappa shape index (κ2) is 12.3. The Kier molecular flexibility index (Phi) is 8.66. The third kappa shape index (κ3) is 6.65. The summed E-state index contributed by atoms with van der Waals surface area (Å²) in [7, 11) is 1.32. The van der Waals surface area contributed by atoms with Crippen molar-refractivity contribution in [2.45, 2.75) is 51.6 Å². The highest BCUT2D eigenvalue weighted by Crippen LogP contribution is 2.40. The number of methoxy groups -OCH3 is 1. The summed E-state index contributed by atoms with van der Waals surface area (Å²) in [6, 6.07) is 6.81. The first kappa shape index (κ1) is 27.4. The molecule has 2 aromatic heterocycles. The molecule has 0 aliphatic heterocycles. The number of esters is 1. The molecule has 4 N–H and O–H groups in total. The van der Waals surface area contributed by atoms with Gasteiger partial charge in [0, 0.05) is 37.1 Å². The van der Waals surface area contributed by atoms with E-state index >= 15 is 0 Å². The van der Waals surface area contributed by atoms with Crippen LogP contribution in [-0.4, -0.2) is 35.0 Å². The molecule has 1 aliphatic carbocycles. The number of benzene rings is 1. The maximum absolute atomic E-state index is 14.6. The van der Waals surface area contributed by atoms with Crippen LogP contribution >= 0.6 is 0 Å². The van der Waals surface area contributed by atoms with Crippen LogP contribution in [0.15, 0.2) is 42.5 Å². The molecule has 1 saturated carbocycles. The largest absolute Gasteiger partial charge is 0.494 e. The molecule has 11 heteroatoms. The van der Waals surface area contributed by atoms with Crippen molar-refractivity contribution in [1.29, 1.82) is 5.26 Å². The number of nitrogens with two attached hydrogens (primary N) is 1. The van der Waals surface area contributed by atoms with Crippen molar-refractivity contribution in [2.24, 2.45) is 5.73 Å². The van der Waals surface area contributed by atoms with Gasteiger partial charge in [-0.1, -0.05) is 6.07 Å². The van der Waals surface area contributed by atoms with Gasteiger partial charge < -0.3 is 30.2 Å². The van der Waals surface area contributed by atoms with Gasteiger partial charge in [-0.2, -0.15) is 5.26 Å². The third-order valence-electron chi connectivity index (χ3n) is 6.43. The first-order valence-electron chi connectivity index (χ1n) is 12.7. The second-order valence-corrected chi connectivity index (χ2v) is 9.22. The van der Waals surface area contributed by atoms with Gasteiger partial charge in [0.15, 0.2) is 11.6 Å². The molecule has 0 bridgehead atoms. The van der Waals surface area contributed by atoms with Gasteiger partial charge in [0.1, 0.15) is 11.3 Å². The molecular weight excluding hydrogens is 503 g/mol. The van der Waals surface area contributed by atoms with E-state index in [1.165, 1.54) is 31.0 Å². The van der Waals surface area contributed by atoms with Crippen LogP contribution in [-0.2, 0) is 33.8 Å². The number of ether oxygens (including phenoxy) is 2. The summed E-state index contributed by atoms with van der Waals surface area (Å²) in [6.45, 7) is 2.20. The number of pyridine rings is 1. The van der Waals surface area contributed by atoms with E-state index in [2.05, 4.69) is 22.9 Å². The Hall–Kier alpha value is -4.59. The molecule has 3 aromatic rings. The van der Waals surface area contributed by atoms with Crippen LogP contribution in [0.25, 0.3) is 5.65 Å². The van der Waals surface area contributed by atoms with Crippen LogP contribution in [0.3, 0.4) is 0 Å². The molecule has 0 atom stereocenters. The van der Waals surface area contributed by atoms with Gasteiger partial charge in [-0.3, -0.25) is 9.59 Å². The van der Waals surface area contributed by atoms with Crippen LogP contribution in [0.4, 0.5) is 4.39 Å². The number of aryl methyl sites for hydroxylation is 1. The van der Waals surface area contributed by atoms with Crippen molar-refractivity contribution in [2.75, 3.05) is 13.7 Å². The van der Waals surface area contributed by atoms with Gasteiger partial charge in [-0.15, -0.1) is 0 Å². The van der Waals surface area contributed by atoms with Crippen molar-refractivity contribution >= 4 is 17.5 Å². The number of nitrogens with zero attached hydrogens (tertiary/aromatic N) is 3. The number of hydrogen-bond acceptors (Lipinski definition) is 8. The van der Waals surface area contributed by atoms with Crippen LogP contribution in [0.5, 0.6) is 5.75 Å². The lowest BCUT2D eigenvalue weighted by atomic mass is 10.1. The number of amides is 1. The fraction of sp³-hybridized carbons (Fsp3) is 0.357. The number of nitriles is 1. The van der Waals surface area contributed by atoms with E-state index in [1.807, 2.05) is 16.7 Å². The molecule has 10 nitrogen and oxygen atoms in total. The van der Waals surface area contributed by atoms with E-state index in [-0.39, 0.29) is 41.5 Å². The zero-order chi connectivity index (χ0) is 27.9.